The molecule has 0 unspecified atom stereocenters. The average Bonchev–Trinajstić information content (AvgIpc) is 2.59. The number of rotatable bonds is 9. The van der Waals surface area contributed by atoms with Crippen molar-refractivity contribution in [1.82, 2.24) is 0 Å². The number of allylic oxidation sites excluding steroid dienone is 1. The van der Waals surface area contributed by atoms with Gasteiger partial charge in [-0.2, -0.15) is 0 Å². The lowest BCUT2D eigenvalue weighted by Crippen LogP contribution is -2.32. The van der Waals surface area contributed by atoms with Crippen LogP contribution in [0.25, 0.3) is 0 Å². The van der Waals surface area contributed by atoms with Crippen LogP contribution >= 0.6 is 11.6 Å². The van der Waals surface area contributed by atoms with Gasteiger partial charge in [-0.1, -0.05) is 37.1 Å². The average molecular weight is 352 g/mol. The number of nitrogens with zero attached hydrogens (tertiary/aromatic N) is 1. The van der Waals surface area contributed by atoms with E-state index in [0.717, 1.165) is 24.8 Å². The second-order valence-electron chi connectivity index (χ2n) is 5.49. The number of hydrogen-bond donors (Lipinski definition) is 1. The Morgan fingerprint density at radius 1 is 1.42 bits per heavy atom. The first-order chi connectivity index (χ1) is 11.5. The standard InChI is InChI=1S/C19H26ClNO3/c1-5-8-11-14-13-16(15(10-7-3)18(22)17(14)20)21(12-9-6-2)19(23)24-4/h6-7,13,22H,2-3,5,8-12H2,1,4H3. The Labute approximate surface area is 149 Å². The van der Waals surface area contributed by atoms with Gasteiger partial charge in [0.05, 0.1) is 17.8 Å². The monoisotopic (exact) mass is 351 g/mol. The molecule has 1 aromatic rings. The van der Waals surface area contributed by atoms with E-state index in [1.54, 1.807) is 12.2 Å². The predicted molar refractivity (Wildman–Crippen MR) is 100 cm³/mol. The molecular weight excluding hydrogens is 326 g/mol. The smallest absolute Gasteiger partial charge is 0.414 e. The van der Waals surface area contributed by atoms with Crippen molar-refractivity contribution in [3.05, 3.63) is 47.5 Å². The molecule has 132 valence electrons. The first kappa shape index (κ1) is 20.1. The third-order valence-electron chi connectivity index (χ3n) is 3.79. The summed E-state index contributed by atoms with van der Waals surface area (Å²) in [5, 5.41) is 10.9. The molecule has 0 spiro atoms. The van der Waals surface area contributed by atoms with E-state index in [1.165, 1.54) is 12.0 Å². The van der Waals surface area contributed by atoms with Crippen LogP contribution < -0.4 is 4.90 Å². The number of carbonyl (C=O) groups is 1. The first-order valence-corrected chi connectivity index (χ1v) is 8.50. The van der Waals surface area contributed by atoms with Gasteiger partial charge in [-0.25, -0.2) is 4.79 Å². The summed E-state index contributed by atoms with van der Waals surface area (Å²) in [6, 6.07) is 1.87. The number of aromatic hydroxyl groups is 1. The first-order valence-electron chi connectivity index (χ1n) is 8.12. The quantitative estimate of drug-likeness (QED) is 0.617. The summed E-state index contributed by atoms with van der Waals surface area (Å²) in [5.74, 6) is 0.00711. The van der Waals surface area contributed by atoms with E-state index in [4.69, 9.17) is 16.3 Å². The van der Waals surface area contributed by atoms with Crippen LogP contribution in [0.5, 0.6) is 5.75 Å². The summed E-state index contributed by atoms with van der Waals surface area (Å²) in [7, 11) is 1.34. The van der Waals surface area contributed by atoms with Gasteiger partial charge in [0.2, 0.25) is 0 Å². The summed E-state index contributed by atoms with van der Waals surface area (Å²) in [5.41, 5.74) is 2.01. The normalized spacial score (nSPS) is 10.3. The van der Waals surface area contributed by atoms with Crippen LogP contribution in [0.15, 0.2) is 31.4 Å². The Bertz CT molecular complexity index is 599. The number of phenols is 1. The maximum absolute atomic E-state index is 12.2. The van der Waals surface area contributed by atoms with Crippen LogP contribution in [0.2, 0.25) is 5.02 Å². The molecule has 0 aromatic heterocycles. The fraction of sp³-hybridized carbons (Fsp3) is 0.421. The molecule has 5 heteroatoms. The number of benzene rings is 1. The van der Waals surface area contributed by atoms with Gasteiger partial charge in [0.1, 0.15) is 5.75 Å². The molecule has 24 heavy (non-hydrogen) atoms. The van der Waals surface area contributed by atoms with E-state index in [0.29, 0.717) is 35.7 Å². The van der Waals surface area contributed by atoms with E-state index < -0.39 is 6.09 Å². The number of hydrogen-bond acceptors (Lipinski definition) is 3. The van der Waals surface area contributed by atoms with Gasteiger partial charge in [0.25, 0.3) is 0 Å². The molecule has 0 saturated heterocycles. The molecule has 0 saturated carbocycles. The SMILES string of the molecule is C=CCCN(C(=O)OC)c1cc(CCCC)c(Cl)c(O)c1CC=C. The number of amides is 1. The molecule has 1 aromatic carbocycles. The van der Waals surface area contributed by atoms with Crippen LogP contribution in [0, 0.1) is 0 Å². The summed E-state index contributed by atoms with van der Waals surface area (Å²) in [6.45, 7) is 9.92. The van der Waals surface area contributed by atoms with Crippen molar-refractivity contribution in [2.24, 2.45) is 0 Å². The third-order valence-corrected chi connectivity index (χ3v) is 4.21. The molecule has 0 heterocycles. The molecule has 0 fully saturated rings. The lowest BCUT2D eigenvalue weighted by molar-refractivity contribution is 0.178. The minimum atomic E-state index is -0.481. The number of methoxy groups -OCH3 is 1. The topological polar surface area (TPSA) is 49.8 Å². The maximum Gasteiger partial charge on any atom is 0.414 e. The zero-order valence-electron chi connectivity index (χ0n) is 14.5. The zero-order valence-corrected chi connectivity index (χ0v) is 15.2. The zero-order chi connectivity index (χ0) is 18.1. The van der Waals surface area contributed by atoms with Gasteiger partial charge in [-0.05, 0) is 37.3 Å². The Morgan fingerprint density at radius 2 is 2.12 bits per heavy atom. The molecule has 1 N–H and O–H groups in total. The minimum Gasteiger partial charge on any atom is -0.506 e. The highest BCUT2D eigenvalue weighted by Gasteiger charge is 2.23. The molecule has 0 atom stereocenters. The minimum absolute atomic E-state index is 0.00711. The van der Waals surface area contributed by atoms with Crippen molar-refractivity contribution in [2.75, 3.05) is 18.6 Å². The van der Waals surface area contributed by atoms with Gasteiger partial charge < -0.3 is 9.84 Å². The van der Waals surface area contributed by atoms with Crippen LogP contribution in [0.1, 0.15) is 37.3 Å². The van der Waals surface area contributed by atoms with E-state index in [1.807, 2.05) is 6.07 Å². The Balaban J connectivity index is 3.47. The largest absolute Gasteiger partial charge is 0.506 e. The summed E-state index contributed by atoms with van der Waals surface area (Å²) >= 11 is 6.33. The molecule has 0 radical (unpaired) electrons. The van der Waals surface area contributed by atoms with E-state index in [9.17, 15) is 9.90 Å². The number of phenolic OH excluding ortho intramolecular Hbond substituents is 1. The van der Waals surface area contributed by atoms with Gasteiger partial charge >= 0.3 is 6.09 Å². The van der Waals surface area contributed by atoms with Crippen LogP contribution in [0.3, 0.4) is 0 Å². The molecule has 0 bridgehead atoms. The van der Waals surface area contributed by atoms with Crippen LogP contribution in [-0.4, -0.2) is 24.9 Å². The second-order valence-corrected chi connectivity index (χ2v) is 5.87. The van der Waals surface area contributed by atoms with E-state index >= 15 is 0 Å². The number of unbranched alkanes of at least 4 members (excludes halogenated alkanes) is 1. The van der Waals surface area contributed by atoms with Crippen molar-refractivity contribution in [3.63, 3.8) is 0 Å². The van der Waals surface area contributed by atoms with E-state index in [2.05, 4.69) is 20.1 Å². The number of aryl methyl sites for hydroxylation is 1. The van der Waals surface area contributed by atoms with Crippen molar-refractivity contribution in [2.45, 2.75) is 39.0 Å². The van der Waals surface area contributed by atoms with Crippen molar-refractivity contribution < 1.29 is 14.6 Å². The Hall–Kier alpha value is -1.94. The lowest BCUT2D eigenvalue weighted by atomic mass is 10.00. The summed E-state index contributed by atoms with van der Waals surface area (Å²) < 4.78 is 4.90. The summed E-state index contributed by atoms with van der Waals surface area (Å²) in [4.78, 5) is 13.7. The fourth-order valence-corrected chi connectivity index (χ4v) is 2.76. The highest BCUT2D eigenvalue weighted by atomic mass is 35.5. The van der Waals surface area contributed by atoms with Crippen molar-refractivity contribution >= 4 is 23.4 Å². The fourth-order valence-electron chi connectivity index (χ4n) is 2.50. The molecular formula is C19H26ClNO3. The Kier molecular flexibility index (Phi) is 8.41. The predicted octanol–water partition coefficient (Wildman–Crippen LogP) is 5.27. The molecule has 0 aliphatic rings. The van der Waals surface area contributed by atoms with Gasteiger partial charge in [-0.3, -0.25) is 4.90 Å². The Morgan fingerprint density at radius 3 is 2.67 bits per heavy atom. The van der Waals surface area contributed by atoms with Crippen LogP contribution in [0.4, 0.5) is 10.5 Å². The van der Waals surface area contributed by atoms with Gasteiger partial charge in [0, 0.05) is 12.1 Å². The number of halogens is 1. The molecule has 0 aliphatic heterocycles. The highest BCUT2D eigenvalue weighted by Crippen LogP contribution is 2.39. The highest BCUT2D eigenvalue weighted by molar-refractivity contribution is 6.33. The van der Waals surface area contributed by atoms with E-state index in [-0.39, 0.29) is 5.75 Å². The lowest BCUT2D eigenvalue weighted by Gasteiger charge is -2.25. The molecule has 4 nitrogen and oxygen atoms in total. The second kappa shape index (κ2) is 10.0. The van der Waals surface area contributed by atoms with Gasteiger partial charge in [0.15, 0.2) is 0 Å². The summed E-state index contributed by atoms with van der Waals surface area (Å²) in [6.07, 6.45) is 6.63. The molecule has 1 rings (SSSR count). The third kappa shape index (κ3) is 4.78. The number of anilines is 1. The van der Waals surface area contributed by atoms with Crippen LogP contribution in [-0.2, 0) is 17.6 Å². The molecule has 0 aliphatic carbocycles. The maximum atomic E-state index is 12.2. The molecule has 1 amide bonds. The van der Waals surface area contributed by atoms with Crippen molar-refractivity contribution in [3.8, 4) is 5.75 Å². The van der Waals surface area contributed by atoms with Crippen molar-refractivity contribution in [1.29, 1.82) is 0 Å². The van der Waals surface area contributed by atoms with Gasteiger partial charge in [-0.15, -0.1) is 13.2 Å². The number of ether oxygens (including phenoxy) is 1. The number of carbonyl (C=O) groups excluding carboxylic acids is 1.